The standard InChI is InChI=1S/C16H19N3O4S/c1-3-22-15(21)11(2)23-14(20)10-24-16-18-9-7-13(19-16)12-6-4-5-8-17-12/h4-9,11-12,17H,3,10H2,1-2H3. The number of dihydropyridines is 1. The summed E-state index contributed by atoms with van der Waals surface area (Å²) in [5, 5.41) is 3.64. The van der Waals surface area contributed by atoms with Gasteiger partial charge >= 0.3 is 11.9 Å². The first-order valence-corrected chi connectivity index (χ1v) is 8.50. The zero-order valence-corrected chi connectivity index (χ0v) is 14.3. The lowest BCUT2D eigenvalue weighted by Crippen LogP contribution is -2.27. The van der Waals surface area contributed by atoms with E-state index in [2.05, 4.69) is 15.3 Å². The van der Waals surface area contributed by atoms with Crippen LogP contribution in [-0.4, -0.2) is 40.4 Å². The molecule has 1 N–H and O–H groups in total. The van der Waals surface area contributed by atoms with E-state index in [0.29, 0.717) is 5.16 Å². The average Bonchev–Trinajstić information content (AvgIpc) is 2.61. The van der Waals surface area contributed by atoms with Crippen molar-refractivity contribution in [2.75, 3.05) is 12.4 Å². The van der Waals surface area contributed by atoms with Crippen LogP contribution >= 0.6 is 11.8 Å². The minimum atomic E-state index is -0.923. The molecule has 1 aliphatic rings. The molecule has 0 aliphatic carbocycles. The first kappa shape index (κ1) is 18.0. The quantitative estimate of drug-likeness (QED) is 0.452. The molecule has 7 nitrogen and oxygen atoms in total. The number of ether oxygens (including phenoxy) is 2. The molecule has 0 aromatic carbocycles. The Balaban J connectivity index is 1.85. The fraction of sp³-hybridized carbons (Fsp3) is 0.375. The van der Waals surface area contributed by atoms with Gasteiger partial charge in [0.25, 0.3) is 0 Å². The maximum Gasteiger partial charge on any atom is 0.347 e. The van der Waals surface area contributed by atoms with Gasteiger partial charge in [0.15, 0.2) is 11.3 Å². The average molecular weight is 349 g/mol. The molecule has 1 aliphatic heterocycles. The molecular weight excluding hydrogens is 330 g/mol. The largest absolute Gasteiger partial charge is 0.463 e. The second-order valence-electron chi connectivity index (χ2n) is 4.83. The van der Waals surface area contributed by atoms with Crippen LogP contribution in [0, 0.1) is 0 Å². The predicted molar refractivity (Wildman–Crippen MR) is 89.1 cm³/mol. The first-order valence-electron chi connectivity index (χ1n) is 7.51. The van der Waals surface area contributed by atoms with E-state index in [9.17, 15) is 9.59 Å². The van der Waals surface area contributed by atoms with Crippen molar-refractivity contribution in [2.24, 2.45) is 0 Å². The Morgan fingerprint density at radius 3 is 2.96 bits per heavy atom. The van der Waals surface area contributed by atoms with Crippen LogP contribution in [0.3, 0.4) is 0 Å². The number of rotatable bonds is 7. The highest BCUT2D eigenvalue weighted by atomic mass is 32.2. The van der Waals surface area contributed by atoms with E-state index in [4.69, 9.17) is 9.47 Å². The molecule has 2 unspecified atom stereocenters. The second-order valence-corrected chi connectivity index (χ2v) is 5.77. The Bertz CT molecular complexity index is 648. The molecule has 24 heavy (non-hydrogen) atoms. The highest BCUT2D eigenvalue weighted by Crippen LogP contribution is 2.18. The third-order valence-electron chi connectivity index (χ3n) is 3.01. The van der Waals surface area contributed by atoms with Crippen LogP contribution in [-0.2, 0) is 19.1 Å². The zero-order valence-electron chi connectivity index (χ0n) is 13.5. The molecule has 2 rings (SSSR count). The molecule has 0 spiro atoms. The summed E-state index contributed by atoms with van der Waals surface area (Å²) in [7, 11) is 0. The molecule has 8 heteroatoms. The van der Waals surface area contributed by atoms with E-state index >= 15 is 0 Å². The molecule has 0 amide bonds. The maximum atomic E-state index is 11.8. The highest BCUT2D eigenvalue weighted by Gasteiger charge is 2.19. The minimum absolute atomic E-state index is 0.0149. The van der Waals surface area contributed by atoms with Crippen molar-refractivity contribution in [3.05, 3.63) is 42.4 Å². The van der Waals surface area contributed by atoms with Gasteiger partial charge in [-0.05, 0) is 32.2 Å². The lowest BCUT2D eigenvalue weighted by Gasteiger charge is -2.15. The molecule has 0 saturated heterocycles. The third-order valence-corrected chi connectivity index (χ3v) is 3.84. The summed E-state index contributed by atoms with van der Waals surface area (Å²) in [6.45, 7) is 3.42. The summed E-state index contributed by atoms with van der Waals surface area (Å²) in [6, 6.07) is 1.79. The van der Waals surface area contributed by atoms with E-state index in [1.807, 2.05) is 30.5 Å². The predicted octanol–water partition coefficient (Wildman–Crippen LogP) is 1.78. The second kappa shape index (κ2) is 9.07. The Hall–Kier alpha value is -2.35. The summed E-state index contributed by atoms with van der Waals surface area (Å²) in [4.78, 5) is 31.8. The van der Waals surface area contributed by atoms with Gasteiger partial charge in [0.05, 0.1) is 24.1 Å². The number of thioether (sulfide) groups is 1. The van der Waals surface area contributed by atoms with Gasteiger partial charge in [-0.15, -0.1) is 0 Å². The molecule has 0 radical (unpaired) electrons. The van der Waals surface area contributed by atoms with Crippen LogP contribution in [0.4, 0.5) is 0 Å². The van der Waals surface area contributed by atoms with E-state index in [-0.39, 0.29) is 18.4 Å². The molecule has 2 atom stereocenters. The van der Waals surface area contributed by atoms with Crippen LogP contribution in [0.25, 0.3) is 0 Å². The summed E-state index contributed by atoms with van der Waals surface area (Å²) in [5.41, 5.74) is 0.807. The number of esters is 2. The van der Waals surface area contributed by atoms with Gasteiger partial charge in [-0.2, -0.15) is 0 Å². The lowest BCUT2D eigenvalue weighted by molar-refractivity contribution is -0.164. The van der Waals surface area contributed by atoms with Gasteiger partial charge in [0, 0.05) is 6.20 Å². The van der Waals surface area contributed by atoms with Gasteiger partial charge in [-0.3, -0.25) is 4.79 Å². The summed E-state index contributed by atoms with van der Waals surface area (Å²) in [5.74, 6) is -1.06. The number of hydrogen-bond acceptors (Lipinski definition) is 8. The monoisotopic (exact) mass is 349 g/mol. The zero-order chi connectivity index (χ0) is 17.4. The van der Waals surface area contributed by atoms with Gasteiger partial charge in [0.1, 0.15) is 0 Å². The first-order chi connectivity index (χ1) is 11.6. The fourth-order valence-electron chi connectivity index (χ4n) is 1.89. The van der Waals surface area contributed by atoms with E-state index in [0.717, 1.165) is 17.5 Å². The van der Waals surface area contributed by atoms with Crippen LogP contribution in [0.15, 0.2) is 41.8 Å². The number of nitrogens with zero attached hydrogens (tertiary/aromatic N) is 2. The molecule has 1 aromatic rings. The molecule has 0 fully saturated rings. The van der Waals surface area contributed by atoms with Crippen LogP contribution in [0.5, 0.6) is 0 Å². The van der Waals surface area contributed by atoms with Crippen LogP contribution in [0.1, 0.15) is 25.6 Å². The Morgan fingerprint density at radius 2 is 2.25 bits per heavy atom. The minimum Gasteiger partial charge on any atom is -0.463 e. The smallest absolute Gasteiger partial charge is 0.347 e. The number of carbonyl (C=O) groups is 2. The van der Waals surface area contributed by atoms with Crippen molar-refractivity contribution >= 4 is 23.7 Å². The number of aromatic nitrogens is 2. The van der Waals surface area contributed by atoms with Gasteiger partial charge in [-0.1, -0.05) is 23.9 Å². The SMILES string of the molecule is CCOC(=O)C(C)OC(=O)CSc1nccc(C2C=CC=CN2)n1. The lowest BCUT2D eigenvalue weighted by atomic mass is 10.1. The van der Waals surface area contributed by atoms with E-state index < -0.39 is 18.0 Å². The van der Waals surface area contributed by atoms with Crippen molar-refractivity contribution in [2.45, 2.75) is 31.1 Å². The molecule has 0 bridgehead atoms. The van der Waals surface area contributed by atoms with Crippen LogP contribution in [0.2, 0.25) is 0 Å². The topological polar surface area (TPSA) is 90.4 Å². The maximum absolute atomic E-state index is 11.8. The van der Waals surface area contributed by atoms with Crippen molar-refractivity contribution in [1.82, 2.24) is 15.3 Å². The number of carbonyl (C=O) groups excluding carboxylic acids is 2. The van der Waals surface area contributed by atoms with Crippen molar-refractivity contribution < 1.29 is 19.1 Å². The van der Waals surface area contributed by atoms with E-state index in [1.165, 1.54) is 6.92 Å². The van der Waals surface area contributed by atoms with Crippen molar-refractivity contribution in [3.63, 3.8) is 0 Å². The molecular formula is C16H19N3O4S. The number of hydrogen-bond donors (Lipinski definition) is 1. The van der Waals surface area contributed by atoms with Crippen LogP contribution < -0.4 is 5.32 Å². The van der Waals surface area contributed by atoms with Gasteiger partial charge < -0.3 is 14.8 Å². The third kappa shape index (κ3) is 5.38. The molecule has 1 aromatic heterocycles. The van der Waals surface area contributed by atoms with Gasteiger partial charge in [-0.25, -0.2) is 14.8 Å². The summed E-state index contributed by atoms with van der Waals surface area (Å²) in [6.07, 6.45) is 8.37. The summed E-state index contributed by atoms with van der Waals surface area (Å²) >= 11 is 1.15. The normalized spacial score (nSPS) is 17.0. The molecule has 128 valence electrons. The van der Waals surface area contributed by atoms with Crippen molar-refractivity contribution in [3.8, 4) is 0 Å². The molecule has 2 heterocycles. The number of allylic oxidation sites excluding steroid dienone is 2. The van der Waals surface area contributed by atoms with Gasteiger partial charge in [0.2, 0.25) is 0 Å². The Kier molecular flexibility index (Phi) is 6.80. The Labute approximate surface area is 144 Å². The fourth-order valence-corrected chi connectivity index (χ4v) is 2.51. The number of nitrogens with one attached hydrogen (secondary N) is 1. The summed E-state index contributed by atoms with van der Waals surface area (Å²) < 4.78 is 9.79. The van der Waals surface area contributed by atoms with E-state index in [1.54, 1.807) is 13.1 Å². The van der Waals surface area contributed by atoms with Crippen molar-refractivity contribution in [1.29, 1.82) is 0 Å². The highest BCUT2D eigenvalue weighted by molar-refractivity contribution is 7.99. The molecule has 0 saturated carbocycles. The Morgan fingerprint density at radius 1 is 1.42 bits per heavy atom.